The molecule has 1 aromatic heterocycles. The van der Waals surface area contributed by atoms with Gasteiger partial charge in [0.1, 0.15) is 11.6 Å². The number of aromatic nitrogens is 2. The van der Waals surface area contributed by atoms with Gasteiger partial charge in [0.15, 0.2) is 0 Å². The summed E-state index contributed by atoms with van der Waals surface area (Å²) in [6, 6.07) is 9.89. The van der Waals surface area contributed by atoms with Gasteiger partial charge in [0.25, 0.3) is 0 Å². The number of nitrogens with zero attached hydrogens (tertiary/aromatic N) is 2. The minimum absolute atomic E-state index is 0.0167. The first-order valence-corrected chi connectivity index (χ1v) is 6.97. The lowest BCUT2D eigenvalue weighted by molar-refractivity contribution is 0.242. The quantitative estimate of drug-likeness (QED) is 0.877. The van der Waals surface area contributed by atoms with E-state index in [-0.39, 0.29) is 12.1 Å². The van der Waals surface area contributed by atoms with Gasteiger partial charge in [0.05, 0.1) is 12.1 Å². The maximum Gasteiger partial charge on any atom is 0.149 e. The molecule has 0 saturated heterocycles. The molecule has 1 atom stereocenters. The highest BCUT2D eigenvalue weighted by atomic mass is 16.5. The molecule has 4 heteroatoms. The maximum atomic E-state index is 5.75. The van der Waals surface area contributed by atoms with E-state index in [0.717, 1.165) is 23.7 Å². The normalized spacial score (nSPS) is 12.4. The van der Waals surface area contributed by atoms with Crippen molar-refractivity contribution in [2.45, 2.75) is 32.9 Å². The predicted molar refractivity (Wildman–Crippen MR) is 79.8 cm³/mol. The molecule has 2 rings (SSSR count). The summed E-state index contributed by atoms with van der Waals surface area (Å²) in [4.78, 5) is 8.70. The summed E-state index contributed by atoms with van der Waals surface area (Å²) in [5, 5.41) is 3.42. The first-order valence-electron chi connectivity index (χ1n) is 6.97. The predicted octanol–water partition coefficient (Wildman–Crippen LogP) is 2.96. The van der Waals surface area contributed by atoms with Crippen LogP contribution in [0.2, 0.25) is 0 Å². The Hall–Kier alpha value is -1.94. The van der Waals surface area contributed by atoms with E-state index < -0.39 is 0 Å². The van der Waals surface area contributed by atoms with Crippen molar-refractivity contribution in [2.24, 2.45) is 0 Å². The van der Waals surface area contributed by atoms with E-state index in [1.807, 2.05) is 38.1 Å². The Morgan fingerprint density at radius 3 is 2.55 bits per heavy atom. The molecule has 0 saturated carbocycles. The second kappa shape index (κ2) is 7.01. The van der Waals surface area contributed by atoms with Crippen LogP contribution in [0.25, 0.3) is 0 Å². The monoisotopic (exact) mass is 271 g/mol. The smallest absolute Gasteiger partial charge is 0.149 e. The SMILES string of the molecule is CCNC(c1cccc(OC(C)C)c1)c1ncccn1. The van der Waals surface area contributed by atoms with Crippen LogP contribution in [0.15, 0.2) is 42.7 Å². The second-order valence-corrected chi connectivity index (χ2v) is 4.84. The van der Waals surface area contributed by atoms with Gasteiger partial charge >= 0.3 is 0 Å². The molecule has 1 unspecified atom stereocenters. The third kappa shape index (κ3) is 3.78. The maximum absolute atomic E-state index is 5.75. The first kappa shape index (κ1) is 14.5. The highest BCUT2D eigenvalue weighted by Crippen LogP contribution is 2.23. The van der Waals surface area contributed by atoms with Gasteiger partial charge in [-0.25, -0.2) is 9.97 Å². The van der Waals surface area contributed by atoms with E-state index in [1.54, 1.807) is 12.4 Å². The third-order valence-electron chi connectivity index (χ3n) is 2.82. The van der Waals surface area contributed by atoms with E-state index in [0.29, 0.717) is 0 Å². The molecule has 0 radical (unpaired) electrons. The molecule has 0 fully saturated rings. The average molecular weight is 271 g/mol. The topological polar surface area (TPSA) is 47.0 Å². The number of rotatable bonds is 6. The molecule has 0 aliphatic heterocycles. The van der Waals surface area contributed by atoms with Gasteiger partial charge < -0.3 is 10.1 Å². The number of ether oxygens (including phenoxy) is 1. The van der Waals surface area contributed by atoms with Gasteiger partial charge in [-0.15, -0.1) is 0 Å². The molecule has 20 heavy (non-hydrogen) atoms. The minimum Gasteiger partial charge on any atom is -0.491 e. The molecule has 1 N–H and O–H groups in total. The molecular weight excluding hydrogens is 250 g/mol. The lowest BCUT2D eigenvalue weighted by atomic mass is 10.1. The molecule has 2 aromatic rings. The summed E-state index contributed by atoms with van der Waals surface area (Å²) in [5.74, 6) is 1.65. The van der Waals surface area contributed by atoms with Crippen LogP contribution in [-0.4, -0.2) is 22.6 Å². The fourth-order valence-electron chi connectivity index (χ4n) is 2.06. The van der Waals surface area contributed by atoms with E-state index in [4.69, 9.17) is 4.74 Å². The van der Waals surface area contributed by atoms with Crippen LogP contribution in [0.3, 0.4) is 0 Å². The summed E-state index contributed by atoms with van der Waals surface area (Å²) in [7, 11) is 0. The zero-order valence-corrected chi connectivity index (χ0v) is 12.2. The molecule has 0 aliphatic rings. The average Bonchev–Trinajstić information content (AvgIpc) is 2.45. The van der Waals surface area contributed by atoms with Crippen LogP contribution < -0.4 is 10.1 Å². The molecule has 106 valence electrons. The van der Waals surface area contributed by atoms with Crippen LogP contribution in [0.5, 0.6) is 5.75 Å². The highest BCUT2D eigenvalue weighted by molar-refractivity contribution is 5.33. The number of hydrogen-bond acceptors (Lipinski definition) is 4. The van der Waals surface area contributed by atoms with E-state index in [2.05, 4.69) is 28.3 Å². The lowest BCUT2D eigenvalue weighted by Gasteiger charge is -2.18. The first-order chi connectivity index (χ1) is 9.70. The summed E-state index contributed by atoms with van der Waals surface area (Å²) in [5.41, 5.74) is 1.11. The molecule has 1 aromatic carbocycles. The van der Waals surface area contributed by atoms with Crippen molar-refractivity contribution in [3.8, 4) is 5.75 Å². The summed E-state index contributed by atoms with van der Waals surface area (Å²) in [6.07, 6.45) is 3.69. The Kier molecular flexibility index (Phi) is 5.07. The molecule has 0 amide bonds. The summed E-state index contributed by atoms with van der Waals surface area (Å²) < 4.78 is 5.75. The van der Waals surface area contributed by atoms with Crippen LogP contribution in [0.4, 0.5) is 0 Å². The molecule has 0 spiro atoms. The van der Waals surface area contributed by atoms with Gasteiger partial charge in [-0.05, 0) is 44.2 Å². The molecular formula is C16H21N3O. The van der Waals surface area contributed by atoms with E-state index in [1.165, 1.54) is 0 Å². The van der Waals surface area contributed by atoms with Crippen molar-refractivity contribution in [2.75, 3.05) is 6.54 Å². The highest BCUT2D eigenvalue weighted by Gasteiger charge is 2.16. The van der Waals surface area contributed by atoms with Crippen LogP contribution in [0, 0.1) is 0 Å². The Morgan fingerprint density at radius 2 is 1.90 bits per heavy atom. The third-order valence-corrected chi connectivity index (χ3v) is 2.82. The summed E-state index contributed by atoms with van der Waals surface area (Å²) in [6.45, 7) is 6.96. The molecule has 4 nitrogen and oxygen atoms in total. The Bertz CT molecular complexity index is 528. The Labute approximate surface area is 120 Å². The van der Waals surface area contributed by atoms with Gasteiger partial charge in [-0.1, -0.05) is 19.1 Å². The van der Waals surface area contributed by atoms with Crippen LogP contribution >= 0.6 is 0 Å². The zero-order valence-electron chi connectivity index (χ0n) is 12.2. The minimum atomic E-state index is -0.0167. The van der Waals surface area contributed by atoms with Crippen molar-refractivity contribution < 1.29 is 4.74 Å². The van der Waals surface area contributed by atoms with Crippen molar-refractivity contribution in [1.29, 1.82) is 0 Å². The molecule has 0 aliphatic carbocycles. The van der Waals surface area contributed by atoms with E-state index in [9.17, 15) is 0 Å². The van der Waals surface area contributed by atoms with Gasteiger partial charge in [-0.2, -0.15) is 0 Å². The Morgan fingerprint density at radius 1 is 1.15 bits per heavy atom. The largest absolute Gasteiger partial charge is 0.491 e. The lowest BCUT2D eigenvalue weighted by Crippen LogP contribution is -2.24. The van der Waals surface area contributed by atoms with Crippen molar-refractivity contribution in [1.82, 2.24) is 15.3 Å². The Balaban J connectivity index is 2.30. The van der Waals surface area contributed by atoms with Gasteiger partial charge in [-0.3, -0.25) is 0 Å². The standard InChI is InChI=1S/C16H21N3O/c1-4-17-15(16-18-9-6-10-19-16)13-7-5-8-14(11-13)20-12(2)3/h5-12,15,17H,4H2,1-3H3. The van der Waals surface area contributed by atoms with Crippen molar-refractivity contribution in [3.05, 3.63) is 54.1 Å². The van der Waals surface area contributed by atoms with Gasteiger partial charge in [0.2, 0.25) is 0 Å². The van der Waals surface area contributed by atoms with Crippen LogP contribution in [0.1, 0.15) is 38.2 Å². The van der Waals surface area contributed by atoms with Crippen molar-refractivity contribution >= 4 is 0 Å². The fourth-order valence-corrected chi connectivity index (χ4v) is 2.06. The van der Waals surface area contributed by atoms with Crippen LogP contribution in [-0.2, 0) is 0 Å². The summed E-state index contributed by atoms with van der Waals surface area (Å²) >= 11 is 0. The van der Waals surface area contributed by atoms with Crippen molar-refractivity contribution in [3.63, 3.8) is 0 Å². The van der Waals surface area contributed by atoms with E-state index >= 15 is 0 Å². The number of hydrogen-bond donors (Lipinski definition) is 1. The number of benzene rings is 1. The second-order valence-electron chi connectivity index (χ2n) is 4.84. The molecule has 1 heterocycles. The number of nitrogens with one attached hydrogen (secondary N) is 1. The zero-order chi connectivity index (χ0) is 14.4. The molecule has 0 bridgehead atoms. The fraction of sp³-hybridized carbons (Fsp3) is 0.375. The van der Waals surface area contributed by atoms with Gasteiger partial charge in [0, 0.05) is 12.4 Å².